The minimum absolute atomic E-state index is 0.102. The maximum Gasteiger partial charge on any atom is 0.226 e. The molecule has 4 nitrogen and oxygen atoms in total. The summed E-state index contributed by atoms with van der Waals surface area (Å²) in [6, 6.07) is 3.89. The summed E-state index contributed by atoms with van der Waals surface area (Å²) in [7, 11) is 1.47. The van der Waals surface area contributed by atoms with E-state index in [-0.39, 0.29) is 24.1 Å². The van der Waals surface area contributed by atoms with Gasteiger partial charge in [-0.15, -0.1) is 0 Å². The minimum atomic E-state index is -0.501. The average Bonchev–Trinajstić information content (AvgIpc) is 2.20. The molecule has 0 bridgehead atoms. The largest absolute Gasteiger partial charge is 0.497 e. The number of ether oxygens (including phenoxy) is 1. The van der Waals surface area contributed by atoms with Crippen LogP contribution in [0.15, 0.2) is 18.2 Å². The quantitative estimate of drug-likeness (QED) is 0.817. The molecule has 1 amide bonds. The van der Waals surface area contributed by atoms with E-state index >= 15 is 0 Å². The van der Waals surface area contributed by atoms with Gasteiger partial charge in [-0.05, 0) is 19.1 Å². The van der Waals surface area contributed by atoms with Gasteiger partial charge in [0.1, 0.15) is 11.6 Å². The summed E-state index contributed by atoms with van der Waals surface area (Å²) >= 11 is 0. The van der Waals surface area contributed by atoms with E-state index in [1.165, 1.54) is 25.3 Å². The Morgan fingerprint density at radius 1 is 1.62 bits per heavy atom. The van der Waals surface area contributed by atoms with Crippen molar-refractivity contribution in [1.29, 1.82) is 0 Å². The van der Waals surface area contributed by atoms with Crippen LogP contribution in [0.25, 0.3) is 0 Å². The molecule has 1 rings (SSSR count). The van der Waals surface area contributed by atoms with Crippen LogP contribution in [0.5, 0.6) is 5.75 Å². The Hall–Kier alpha value is -1.62. The SMILES string of the molecule is COc1ccc(F)c(NC(=O)CC(C)N)c1. The second kappa shape index (κ2) is 5.46. The van der Waals surface area contributed by atoms with Gasteiger partial charge in [0.25, 0.3) is 0 Å². The van der Waals surface area contributed by atoms with Crippen molar-refractivity contribution in [2.75, 3.05) is 12.4 Å². The molecule has 1 atom stereocenters. The van der Waals surface area contributed by atoms with Crippen molar-refractivity contribution in [2.24, 2.45) is 5.73 Å². The van der Waals surface area contributed by atoms with Crippen molar-refractivity contribution in [3.05, 3.63) is 24.0 Å². The van der Waals surface area contributed by atoms with Gasteiger partial charge in [0.15, 0.2) is 0 Å². The normalized spacial score (nSPS) is 12.0. The zero-order valence-electron chi connectivity index (χ0n) is 9.29. The highest BCUT2D eigenvalue weighted by Gasteiger charge is 2.09. The molecule has 16 heavy (non-hydrogen) atoms. The van der Waals surface area contributed by atoms with Crippen LogP contribution in [0, 0.1) is 5.82 Å². The van der Waals surface area contributed by atoms with E-state index in [9.17, 15) is 9.18 Å². The van der Waals surface area contributed by atoms with Gasteiger partial charge in [-0.25, -0.2) is 4.39 Å². The molecule has 1 unspecified atom stereocenters. The van der Waals surface area contributed by atoms with Gasteiger partial charge in [0.2, 0.25) is 5.91 Å². The van der Waals surface area contributed by atoms with Crippen molar-refractivity contribution in [1.82, 2.24) is 0 Å². The molecule has 1 aromatic carbocycles. The molecule has 0 saturated carbocycles. The first-order valence-corrected chi connectivity index (χ1v) is 4.92. The van der Waals surface area contributed by atoms with Crippen LogP contribution in [0.1, 0.15) is 13.3 Å². The summed E-state index contributed by atoms with van der Waals surface area (Å²) in [4.78, 5) is 11.4. The second-order valence-corrected chi connectivity index (χ2v) is 3.58. The highest BCUT2D eigenvalue weighted by Crippen LogP contribution is 2.21. The number of amides is 1. The van der Waals surface area contributed by atoms with Gasteiger partial charge in [0.05, 0.1) is 12.8 Å². The number of nitrogens with two attached hydrogens (primary N) is 1. The maximum atomic E-state index is 13.3. The zero-order chi connectivity index (χ0) is 12.1. The van der Waals surface area contributed by atoms with Crippen LogP contribution >= 0.6 is 0 Å². The Morgan fingerprint density at radius 2 is 2.31 bits per heavy atom. The van der Waals surface area contributed by atoms with E-state index in [0.717, 1.165) is 0 Å². The molecule has 88 valence electrons. The molecule has 0 saturated heterocycles. The summed E-state index contributed by atoms with van der Waals surface area (Å²) in [5.74, 6) is -0.335. The molecule has 0 radical (unpaired) electrons. The van der Waals surface area contributed by atoms with Crippen LogP contribution in [-0.4, -0.2) is 19.1 Å². The van der Waals surface area contributed by atoms with E-state index in [1.807, 2.05) is 0 Å². The minimum Gasteiger partial charge on any atom is -0.497 e. The molecule has 0 aliphatic carbocycles. The molecule has 0 spiro atoms. The molecular formula is C11H15FN2O2. The lowest BCUT2D eigenvalue weighted by atomic mass is 10.2. The fourth-order valence-electron chi connectivity index (χ4n) is 1.22. The highest BCUT2D eigenvalue weighted by atomic mass is 19.1. The van der Waals surface area contributed by atoms with Gasteiger partial charge in [-0.2, -0.15) is 0 Å². The summed E-state index contributed by atoms with van der Waals surface area (Å²) < 4.78 is 18.2. The standard InChI is InChI=1S/C11H15FN2O2/c1-7(13)5-11(15)14-10-6-8(16-2)3-4-9(10)12/h3-4,6-7H,5,13H2,1-2H3,(H,14,15). The second-order valence-electron chi connectivity index (χ2n) is 3.58. The number of benzene rings is 1. The van der Waals surface area contributed by atoms with E-state index in [2.05, 4.69) is 5.32 Å². The topological polar surface area (TPSA) is 64.3 Å². The number of carbonyl (C=O) groups is 1. The Bertz CT molecular complexity index is 380. The number of nitrogens with one attached hydrogen (secondary N) is 1. The van der Waals surface area contributed by atoms with E-state index in [0.29, 0.717) is 5.75 Å². The van der Waals surface area contributed by atoms with Gasteiger partial charge in [-0.1, -0.05) is 0 Å². The van der Waals surface area contributed by atoms with Crippen molar-refractivity contribution < 1.29 is 13.9 Å². The Labute approximate surface area is 93.6 Å². The van der Waals surface area contributed by atoms with Crippen LogP contribution < -0.4 is 15.8 Å². The third-order valence-electron chi connectivity index (χ3n) is 1.95. The van der Waals surface area contributed by atoms with Crippen LogP contribution in [-0.2, 0) is 4.79 Å². The third kappa shape index (κ3) is 3.51. The molecular weight excluding hydrogens is 211 g/mol. The lowest BCUT2D eigenvalue weighted by Gasteiger charge is -2.09. The number of anilines is 1. The molecule has 1 aromatic rings. The molecule has 0 aromatic heterocycles. The van der Waals surface area contributed by atoms with E-state index in [4.69, 9.17) is 10.5 Å². The zero-order valence-corrected chi connectivity index (χ0v) is 9.29. The van der Waals surface area contributed by atoms with Gasteiger partial charge < -0.3 is 15.8 Å². The van der Waals surface area contributed by atoms with E-state index in [1.54, 1.807) is 6.92 Å². The summed E-state index contributed by atoms with van der Waals surface area (Å²) in [6.07, 6.45) is 0.149. The number of halogens is 1. The third-order valence-corrected chi connectivity index (χ3v) is 1.95. The molecule has 0 heterocycles. The van der Waals surface area contributed by atoms with Crippen LogP contribution in [0.3, 0.4) is 0 Å². The Balaban J connectivity index is 2.75. The predicted octanol–water partition coefficient (Wildman–Crippen LogP) is 1.51. The first-order valence-electron chi connectivity index (χ1n) is 4.92. The van der Waals surface area contributed by atoms with Crippen LogP contribution in [0.2, 0.25) is 0 Å². The number of methoxy groups -OCH3 is 1. The van der Waals surface area contributed by atoms with Crippen molar-refractivity contribution >= 4 is 11.6 Å². The first-order chi connectivity index (χ1) is 7.52. The Kier molecular flexibility index (Phi) is 4.25. The fourth-order valence-corrected chi connectivity index (χ4v) is 1.22. The number of hydrogen-bond acceptors (Lipinski definition) is 3. The van der Waals surface area contributed by atoms with Crippen molar-refractivity contribution in [3.8, 4) is 5.75 Å². The number of carbonyl (C=O) groups excluding carboxylic acids is 1. The maximum absolute atomic E-state index is 13.3. The number of rotatable bonds is 4. The van der Waals surface area contributed by atoms with Gasteiger partial charge >= 0.3 is 0 Å². The molecule has 0 aliphatic rings. The van der Waals surface area contributed by atoms with Gasteiger partial charge in [0, 0.05) is 18.5 Å². The predicted molar refractivity (Wildman–Crippen MR) is 59.8 cm³/mol. The van der Waals surface area contributed by atoms with Crippen molar-refractivity contribution in [2.45, 2.75) is 19.4 Å². The number of hydrogen-bond donors (Lipinski definition) is 2. The molecule has 0 aliphatic heterocycles. The van der Waals surface area contributed by atoms with E-state index < -0.39 is 5.82 Å². The average molecular weight is 226 g/mol. The first kappa shape index (κ1) is 12.4. The lowest BCUT2D eigenvalue weighted by Crippen LogP contribution is -2.24. The molecule has 3 N–H and O–H groups in total. The highest BCUT2D eigenvalue weighted by molar-refractivity contribution is 5.91. The lowest BCUT2D eigenvalue weighted by molar-refractivity contribution is -0.116. The van der Waals surface area contributed by atoms with Crippen LogP contribution in [0.4, 0.5) is 10.1 Å². The monoisotopic (exact) mass is 226 g/mol. The smallest absolute Gasteiger partial charge is 0.226 e. The summed E-state index contributed by atoms with van der Waals surface area (Å²) in [5, 5.41) is 2.44. The summed E-state index contributed by atoms with van der Waals surface area (Å²) in [5.41, 5.74) is 5.56. The molecule has 0 fully saturated rings. The molecule has 5 heteroatoms. The van der Waals surface area contributed by atoms with Crippen molar-refractivity contribution in [3.63, 3.8) is 0 Å². The summed E-state index contributed by atoms with van der Waals surface area (Å²) in [6.45, 7) is 1.71. The Morgan fingerprint density at radius 3 is 2.88 bits per heavy atom. The fraction of sp³-hybridized carbons (Fsp3) is 0.364. The van der Waals surface area contributed by atoms with Gasteiger partial charge in [-0.3, -0.25) is 4.79 Å².